The number of nitrogens with one attached hydrogen (secondary N) is 1. The van der Waals surface area contributed by atoms with Gasteiger partial charge in [-0.05, 0) is 69.0 Å². The van der Waals surface area contributed by atoms with Crippen LogP contribution in [0.25, 0.3) is 0 Å². The van der Waals surface area contributed by atoms with Crippen molar-refractivity contribution in [3.05, 3.63) is 58.7 Å². The molecule has 0 fully saturated rings. The third-order valence-electron chi connectivity index (χ3n) is 4.13. The number of amides is 1. The van der Waals surface area contributed by atoms with E-state index in [0.717, 1.165) is 28.2 Å². The maximum Gasteiger partial charge on any atom is 0.261 e. The molecule has 0 spiro atoms. The molecule has 4 heteroatoms. The standard InChI is InChI=1S/C22H29NO3/c1-6-20(26-21-8-7-15(2)12-18(21)5)22(24)23-9-10-25-19-13-16(3)11-17(4)14-19/h7-8,11-14,20H,6,9-10H2,1-5H3,(H,23,24). The average molecular weight is 355 g/mol. The highest BCUT2D eigenvalue weighted by Gasteiger charge is 2.18. The molecule has 0 heterocycles. The minimum atomic E-state index is -0.502. The van der Waals surface area contributed by atoms with Gasteiger partial charge in [0.2, 0.25) is 0 Å². The van der Waals surface area contributed by atoms with Crippen molar-refractivity contribution in [3.8, 4) is 11.5 Å². The van der Waals surface area contributed by atoms with Crippen molar-refractivity contribution in [2.75, 3.05) is 13.2 Å². The van der Waals surface area contributed by atoms with Crippen molar-refractivity contribution in [2.45, 2.75) is 47.1 Å². The van der Waals surface area contributed by atoms with E-state index in [1.165, 1.54) is 5.56 Å². The molecule has 2 aromatic carbocycles. The number of carbonyl (C=O) groups excluding carboxylic acids is 1. The third kappa shape index (κ3) is 5.80. The van der Waals surface area contributed by atoms with Crippen LogP contribution in [0.1, 0.15) is 35.6 Å². The SMILES string of the molecule is CCC(Oc1ccc(C)cc1C)C(=O)NCCOc1cc(C)cc(C)c1. The molecule has 1 N–H and O–H groups in total. The second-order valence-corrected chi connectivity index (χ2v) is 6.75. The zero-order valence-corrected chi connectivity index (χ0v) is 16.4. The Morgan fingerprint density at radius 2 is 1.69 bits per heavy atom. The van der Waals surface area contributed by atoms with Gasteiger partial charge in [-0.15, -0.1) is 0 Å². The number of rotatable bonds is 8. The number of ether oxygens (including phenoxy) is 2. The van der Waals surface area contributed by atoms with Crippen LogP contribution in [0, 0.1) is 27.7 Å². The molecule has 4 nitrogen and oxygen atoms in total. The first kappa shape index (κ1) is 19.8. The highest BCUT2D eigenvalue weighted by Crippen LogP contribution is 2.21. The van der Waals surface area contributed by atoms with Crippen molar-refractivity contribution in [3.63, 3.8) is 0 Å². The van der Waals surface area contributed by atoms with Gasteiger partial charge in [-0.2, -0.15) is 0 Å². The molecule has 0 bridgehead atoms. The first-order valence-corrected chi connectivity index (χ1v) is 9.11. The summed E-state index contributed by atoms with van der Waals surface area (Å²) in [5, 5.41) is 2.90. The van der Waals surface area contributed by atoms with Gasteiger partial charge in [0.05, 0.1) is 6.54 Å². The number of aryl methyl sites for hydroxylation is 4. The van der Waals surface area contributed by atoms with Crippen LogP contribution < -0.4 is 14.8 Å². The highest BCUT2D eigenvalue weighted by atomic mass is 16.5. The smallest absolute Gasteiger partial charge is 0.261 e. The van der Waals surface area contributed by atoms with E-state index in [1.807, 2.05) is 58.9 Å². The summed E-state index contributed by atoms with van der Waals surface area (Å²) in [5.41, 5.74) is 4.54. The van der Waals surface area contributed by atoms with E-state index in [4.69, 9.17) is 9.47 Å². The van der Waals surface area contributed by atoms with Crippen LogP contribution in [0.5, 0.6) is 11.5 Å². The van der Waals surface area contributed by atoms with E-state index < -0.39 is 6.10 Å². The summed E-state index contributed by atoms with van der Waals surface area (Å²) in [6, 6.07) is 12.1. The van der Waals surface area contributed by atoms with Crippen molar-refractivity contribution in [2.24, 2.45) is 0 Å². The molecular weight excluding hydrogens is 326 g/mol. The van der Waals surface area contributed by atoms with Crippen molar-refractivity contribution in [1.29, 1.82) is 0 Å². The highest BCUT2D eigenvalue weighted by molar-refractivity contribution is 5.81. The molecule has 1 atom stereocenters. The predicted octanol–water partition coefficient (Wildman–Crippen LogP) is 4.27. The molecule has 26 heavy (non-hydrogen) atoms. The average Bonchev–Trinajstić information content (AvgIpc) is 2.57. The molecule has 0 saturated carbocycles. The van der Waals surface area contributed by atoms with Gasteiger partial charge in [-0.1, -0.05) is 30.7 Å². The molecule has 1 amide bonds. The number of benzene rings is 2. The lowest BCUT2D eigenvalue weighted by Gasteiger charge is -2.19. The van der Waals surface area contributed by atoms with Gasteiger partial charge in [0, 0.05) is 0 Å². The zero-order chi connectivity index (χ0) is 19.1. The molecule has 1 unspecified atom stereocenters. The molecular formula is C22H29NO3. The number of hydrogen-bond acceptors (Lipinski definition) is 3. The fraction of sp³-hybridized carbons (Fsp3) is 0.409. The summed E-state index contributed by atoms with van der Waals surface area (Å²) < 4.78 is 11.6. The molecule has 0 saturated heterocycles. The zero-order valence-electron chi connectivity index (χ0n) is 16.4. The molecule has 2 rings (SSSR count). The molecule has 0 aliphatic rings. The van der Waals surface area contributed by atoms with Crippen LogP contribution in [0.3, 0.4) is 0 Å². The van der Waals surface area contributed by atoms with Crippen LogP contribution in [0.4, 0.5) is 0 Å². The van der Waals surface area contributed by atoms with E-state index in [1.54, 1.807) is 0 Å². The fourth-order valence-electron chi connectivity index (χ4n) is 2.88. The summed E-state index contributed by atoms with van der Waals surface area (Å²) in [6.07, 6.45) is 0.106. The normalized spacial score (nSPS) is 11.7. The summed E-state index contributed by atoms with van der Waals surface area (Å²) in [7, 11) is 0. The Morgan fingerprint density at radius 1 is 1.00 bits per heavy atom. The maximum atomic E-state index is 12.4. The molecule has 0 aliphatic heterocycles. The van der Waals surface area contributed by atoms with E-state index >= 15 is 0 Å². The van der Waals surface area contributed by atoms with Gasteiger partial charge in [0.25, 0.3) is 5.91 Å². The Balaban J connectivity index is 1.83. The maximum absolute atomic E-state index is 12.4. The monoisotopic (exact) mass is 355 g/mol. The lowest BCUT2D eigenvalue weighted by Crippen LogP contribution is -2.39. The van der Waals surface area contributed by atoms with E-state index in [2.05, 4.69) is 17.4 Å². The minimum Gasteiger partial charge on any atom is -0.492 e. The first-order valence-electron chi connectivity index (χ1n) is 9.11. The minimum absolute atomic E-state index is 0.114. The summed E-state index contributed by atoms with van der Waals surface area (Å²) in [5.74, 6) is 1.47. The third-order valence-corrected chi connectivity index (χ3v) is 4.13. The fourth-order valence-corrected chi connectivity index (χ4v) is 2.88. The molecule has 0 aromatic heterocycles. The molecule has 2 aromatic rings. The topological polar surface area (TPSA) is 47.6 Å². The van der Waals surface area contributed by atoms with Crippen molar-refractivity contribution < 1.29 is 14.3 Å². The quantitative estimate of drug-likeness (QED) is 0.719. The second kappa shape index (κ2) is 9.27. The first-order chi connectivity index (χ1) is 12.4. The van der Waals surface area contributed by atoms with E-state index in [0.29, 0.717) is 19.6 Å². The van der Waals surface area contributed by atoms with Gasteiger partial charge in [-0.25, -0.2) is 0 Å². The van der Waals surface area contributed by atoms with Gasteiger partial charge in [-0.3, -0.25) is 4.79 Å². The van der Waals surface area contributed by atoms with Crippen molar-refractivity contribution >= 4 is 5.91 Å². The van der Waals surface area contributed by atoms with Crippen molar-refractivity contribution in [1.82, 2.24) is 5.32 Å². The Morgan fingerprint density at radius 3 is 2.31 bits per heavy atom. The largest absolute Gasteiger partial charge is 0.492 e. The summed E-state index contributed by atoms with van der Waals surface area (Å²) in [4.78, 5) is 12.4. The van der Waals surface area contributed by atoms with Crippen LogP contribution in [0.2, 0.25) is 0 Å². The van der Waals surface area contributed by atoms with Gasteiger partial charge in [0.1, 0.15) is 18.1 Å². The Bertz CT molecular complexity index is 735. The van der Waals surface area contributed by atoms with Crippen LogP contribution in [-0.4, -0.2) is 25.2 Å². The molecule has 0 radical (unpaired) electrons. The second-order valence-electron chi connectivity index (χ2n) is 6.75. The predicted molar refractivity (Wildman–Crippen MR) is 105 cm³/mol. The van der Waals surface area contributed by atoms with Gasteiger partial charge in [0.15, 0.2) is 6.10 Å². The number of hydrogen-bond donors (Lipinski definition) is 1. The van der Waals surface area contributed by atoms with E-state index in [9.17, 15) is 4.79 Å². The van der Waals surface area contributed by atoms with Crippen LogP contribution in [-0.2, 0) is 4.79 Å². The molecule has 140 valence electrons. The number of carbonyl (C=O) groups is 1. The van der Waals surface area contributed by atoms with Gasteiger partial charge < -0.3 is 14.8 Å². The Kier molecular flexibility index (Phi) is 7.07. The molecule has 0 aliphatic carbocycles. The van der Waals surface area contributed by atoms with Crippen LogP contribution in [0.15, 0.2) is 36.4 Å². The summed E-state index contributed by atoms with van der Waals surface area (Å²) in [6.45, 7) is 10.9. The van der Waals surface area contributed by atoms with Gasteiger partial charge >= 0.3 is 0 Å². The Hall–Kier alpha value is -2.49. The Labute approximate surface area is 156 Å². The van der Waals surface area contributed by atoms with E-state index in [-0.39, 0.29) is 5.91 Å². The van der Waals surface area contributed by atoms with Crippen LogP contribution >= 0.6 is 0 Å². The summed E-state index contributed by atoms with van der Waals surface area (Å²) >= 11 is 0. The lowest BCUT2D eigenvalue weighted by atomic mass is 10.1. The lowest BCUT2D eigenvalue weighted by molar-refractivity contribution is -0.128.